The number of carbonyl (C=O) groups excluding carboxylic acids is 1. The molecule has 16 heavy (non-hydrogen) atoms. The zero-order valence-corrected chi connectivity index (χ0v) is 11.5. The van der Waals surface area contributed by atoms with E-state index in [-0.39, 0.29) is 12.4 Å². The summed E-state index contributed by atoms with van der Waals surface area (Å²) < 4.78 is 5.53. The van der Waals surface area contributed by atoms with Crippen molar-refractivity contribution in [2.24, 2.45) is 0 Å². The van der Waals surface area contributed by atoms with Crippen molar-refractivity contribution < 1.29 is 9.53 Å². The van der Waals surface area contributed by atoms with Crippen molar-refractivity contribution in [3.63, 3.8) is 0 Å². The van der Waals surface area contributed by atoms with Crippen LogP contribution in [0.2, 0.25) is 5.02 Å². The minimum atomic E-state index is -0.316. The Bertz CT molecular complexity index is 454. The van der Waals surface area contributed by atoms with Gasteiger partial charge >= 0.3 is 5.97 Å². The molecule has 1 aromatic carbocycles. The topological polar surface area (TPSA) is 50.1 Å². The van der Waals surface area contributed by atoms with Gasteiger partial charge in [0.25, 0.3) is 0 Å². The van der Waals surface area contributed by atoms with Crippen LogP contribution in [-0.2, 0) is 16.0 Å². The van der Waals surface area contributed by atoms with Gasteiger partial charge in [-0.25, -0.2) is 0 Å². The summed E-state index contributed by atoms with van der Waals surface area (Å²) in [6.07, 6.45) is 0.138. The number of hydrogen-bond donors (Lipinski definition) is 0. The average molecular weight is 350 g/mol. The maximum Gasteiger partial charge on any atom is 0.310 e. The fourth-order valence-corrected chi connectivity index (χ4v) is 1.88. The predicted molar refractivity (Wildman–Crippen MR) is 69.2 cm³/mol. The number of rotatable bonds is 3. The van der Waals surface area contributed by atoms with Crippen molar-refractivity contribution in [2.75, 3.05) is 6.61 Å². The van der Waals surface area contributed by atoms with Gasteiger partial charge in [0.2, 0.25) is 0 Å². The van der Waals surface area contributed by atoms with Gasteiger partial charge in [0.05, 0.1) is 23.6 Å². The van der Waals surface area contributed by atoms with E-state index in [0.29, 0.717) is 26.3 Å². The second-order valence-corrected chi connectivity index (χ2v) is 4.52. The highest BCUT2D eigenvalue weighted by molar-refractivity contribution is 14.1. The van der Waals surface area contributed by atoms with Crippen LogP contribution in [0.4, 0.5) is 0 Å². The monoisotopic (exact) mass is 349 g/mol. The summed E-state index contributed by atoms with van der Waals surface area (Å²) >= 11 is 7.95. The third kappa shape index (κ3) is 3.35. The van der Waals surface area contributed by atoms with Crippen molar-refractivity contribution in [3.05, 3.63) is 31.9 Å². The fourth-order valence-electron chi connectivity index (χ4n) is 1.21. The number of carbonyl (C=O) groups is 1. The van der Waals surface area contributed by atoms with Crippen molar-refractivity contribution in [2.45, 2.75) is 13.3 Å². The molecule has 1 aromatic rings. The lowest BCUT2D eigenvalue weighted by Gasteiger charge is -2.05. The number of hydrogen-bond acceptors (Lipinski definition) is 3. The van der Waals surface area contributed by atoms with Gasteiger partial charge in [0.1, 0.15) is 6.07 Å². The molecule has 0 aliphatic heterocycles. The van der Waals surface area contributed by atoms with Gasteiger partial charge < -0.3 is 4.74 Å². The van der Waals surface area contributed by atoms with Crippen LogP contribution >= 0.6 is 34.2 Å². The molecule has 0 N–H and O–H groups in total. The zero-order valence-electron chi connectivity index (χ0n) is 8.59. The molecule has 0 spiro atoms. The van der Waals surface area contributed by atoms with Crippen molar-refractivity contribution in [1.82, 2.24) is 0 Å². The Kier molecular flexibility index (Phi) is 5.03. The predicted octanol–water partition coefficient (Wildman–Crippen LogP) is 2.92. The molecule has 0 radical (unpaired) electrons. The van der Waals surface area contributed by atoms with Gasteiger partial charge in [0, 0.05) is 3.57 Å². The molecule has 0 bridgehead atoms. The van der Waals surface area contributed by atoms with Crippen molar-refractivity contribution >= 4 is 40.2 Å². The Balaban J connectivity index is 2.95. The quantitative estimate of drug-likeness (QED) is 0.623. The van der Waals surface area contributed by atoms with E-state index in [9.17, 15) is 4.79 Å². The molecule has 0 aromatic heterocycles. The highest BCUT2D eigenvalue weighted by atomic mass is 127. The second-order valence-electron chi connectivity index (χ2n) is 3.03. The third-order valence-corrected chi connectivity index (χ3v) is 3.64. The molecule has 0 saturated heterocycles. The normalized spacial score (nSPS) is 9.62. The maximum absolute atomic E-state index is 11.3. The second kappa shape index (κ2) is 6.06. The Labute approximate surface area is 112 Å². The first-order chi connectivity index (χ1) is 7.58. The van der Waals surface area contributed by atoms with E-state index in [1.165, 1.54) is 0 Å². The van der Waals surface area contributed by atoms with Crippen LogP contribution in [0, 0.1) is 14.9 Å². The first kappa shape index (κ1) is 13.3. The largest absolute Gasteiger partial charge is 0.466 e. The molecule has 0 aliphatic rings. The third-order valence-electron chi connectivity index (χ3n) is 1.86. The van der Waals surface area contributed by atoms with E-state index in [4.69, 9.17) is 21.6 Å². The number of benzene rings is 1. The number of halogens is 2. The lowest BCUT2D eigenvalue weighted by atomic mass is 10.1. The van der Waals surface area contributed by atoms with E-state index in [0.717, 1.165) is 0 Å². The minimum absolute atomic E-state index is 0.138. The number of nitriles is 1. The molecular formula is C11H9ClINO2. The lowest BCUT2D eigenvalue weighted by Crippen LogP contribution is -2.07. The molecule has 0 amide bonds. The maximum atomic E-state index is 11.3. The van der Waals surface area contributed by atoms with Gasteiger partial charge in [-0.3, -0.25) is 4.79 Å². The van der Waals surface area contributed by atoms with Crippen LogP contribution in [0.1, 0.15) is 18.1 Å². The molecule has 5 heteroatoms. The molecular weight excluding hydrogens is 340 g/mol. The highest BCUT2D eigenvalue weighted by Crippen LogP contribution is 2.24. The van der Waals surface area contributed by atoms with Crippen LogP contribution in [0.15, 0.2) is 12.1 Å². The molecule has 84 valence electrons. The standard InChI is InChI=1S/C11H9ClINO2/c1-2-16-10(15)5-7-3-8(6-14)11(13)9(12)4-7/h3-4H,2,5H2,1H3. The summed E-state index contributed by atoms with van der Waals surface area (Å²) in [7, 11) is 0. The molecule has 0 saturated carbocycles. The first-order valence-corrected chi connectivity index (χ1v) is 6.07. The van der Waals surface area contributed by atoms with Crippen LogP contribution in [0.3, 0.4) is 0 Å². The van der Waals surface area contributed by atoms with Crippen LogP contribution in [0.5, 0.6) is 0 Å². The van der Waals surface area contributed by atoms with Gasteiger partial charge in [0.15, 0.2) is 0 Å². The van der Waals surface area contributed by atoms with Crippen molar-refractivity contribution in [1.29, 1.82) is 5.26 Å². The fraction of sp³-hybridized carbons (Fsp3) is 0.273. The van der Waals surface area contributed by atoms with Crippen LogP contribution in [0.25, 0.3) is 0 Å². The van der Waals surface area contributed by atoms with E-state index in [2.05, 4.69) is 0 Å². The summed E-state index contributed by atoms with van der Waals surface area (Å²) in [5.41, 5.74) is 1.17. The Morgan fingerprint density at radius 1 is 1.62 bits per heavy atom. The highest BCUT2D eigenvalue weighted by Gasteiger charge is 2.10. The number of nitrogens with zero attached hydrogens (tertiary/aromatic N) is 1. The van der Waals surface area contributed by atoms with Gasteiger partial charge in [-0.1, -0.05) is 11.6 Å². The molecule has 0 heterocycles. The summed E-state index contributed by atoms with van der Waals surface area (Å²) in [4.78, 5) is 11.3. The Hall–Kier alpha value is -0.800. The Morgan fingerprint density at radius 2 is 2.31 bits per heavy atom. The minimum Gasteiger partial charge on any atom is -0.466 e. The SMILES string of the molecule is CCOC(=O)Cc1cc(Cl)c(I)c(C#N)c1. The average Bonchev–Trinajstić information content (AvgIpc) is 2.23. The van der Waals surface area contributed by atoms with E-state index < -0.39 is 0 Å². The first-order valence-electron chi connectivity index (χ1n) is 4.62. The smallest absolute Gasteiger partial charge is 0.310 e. The van der Waals surface area contributed by atoms with E-state index in [1.54, 1.807) is 19.1 Å². The van der Waals surface area contributed by atoms with E-state index >= 15 is 0 Å². The van der Waals surface area contributed by atoms with Gasteiger partial charge in [-0.15, -0.1) is 0 Å². The molecule has 0 atom stereocenters. The van der Waals surface area contributed by atoms with Gasteiger partial charge in [-0.05, 0) is 47.2 Å². The molecule has 0 unspecified atom stereocenters. The zero-order chi connectivity index (χ0) is 12.1. The lowest BCUT2D eigenvalue weighted by molar-refractivity contribution is -0.142. The molecule has 0 aliphatic carbocycles. The van der Waals surface area contributed by atoms with Crippen LogP contribution < -0.4 is 0 Å². The summed E-state index contributed by atoms with van der Waals surface area (Å²) in [5.74, 6) is -0.316. The van der Waals surface area contributed by atoms with Gasteiger partial charge in [-0.2, -0.15) is 5.26 Å². The number of esters is 1. The molecule has 1 rings (SSSR count). The Morgan fingerprint density at radius 3 is 2.88 bits per heavy atom. The molecule has 3 nitrogen and oxygen atoms in total. The summed E-state index contributed by atoms with van der Waals surface area (Å²) in [5, 5.41) is 9.36. The van der Waals surface area contributed by atoms with E-state index in [1.807, 2.05) is 28.7 Å². The van der Waals surface area contributed by atoms with Crippen molar-refractivity contribution in [3.8, 4) is 6.07 Å². The summed E-state index contributed by atoms with van der Waals surface area (Å²) in [6.45, 7) is 2.10. The molecule has 0 fully saturated rings. The summed E-state index contributed by atoms with van der Waals surface area (Å²) in [6, 6.07) is 5.38. The van der Waals surface area contributed by atoms with Crippen LogP contribution in [-0.4, -0.2) is 12.6 Å². The number of ether oxygens (including phenoxy) is 1.